The molecule has 0 saturated carbocycles. The van der Waals surface area contributed by atoms with Gasteiger partial charge in [-0.25, -0.2) is 14.8 Å². The Morgan fingerprint density at radius 1 is 1.41 bits per heavy atom. The van der Waals surface area contributed by atoms with Crippen molar-refractivity contribution < 1.29 is 14.7 Å². The summed E-state index contributed by atoms with van der Waals surface area (Å²) in [4.78, 5) is 31.3. The van der Waals surface area contributed by atoms with Crippen LogP contribution in [0.1, 0.15) is 36.5 Å². The van der Waals surface area contributed by atoms with Gasteiger partial charge in [-0.05, 0) is 18.6 Å². The summed E-state index contributed by atoms with van der Waals surface area (Å²) in [6.45, 7) is 1.97. The van der Waals surface area contributed by atoms with E-state index in [1.54, 1.807) is 35.4 Å². The number of carbonyl (C=O) groups is 2. The van der Waals surface area contributed by atoms with Crippen molar-refractivity contribution in [2.45, 2.75) is 32.2 Å². The van der Waals surface area contributed by atoms with Crippen molar-refractivity contribution in [2.24, 2.45) is 0 Å². The number of carboxylic acid groups (broad SMARTS) is 1. The number of imidazole rings is 1. The number of rotatable bonds is 7. The first-order valence-electron chi connectivity index (χ1n) is 7.10. The molecule has 0 aliphatic carbocycles. The molecule has 2 heterocycles. The molecule has 7 nitrogen and oxygen atoms in total. The third-order valence-electron chi connectivity index (χ3n) is 3.23. The molecule has 0 aliphatic rings. The van der Waals surface area contributed by atoms with Crippen LogP contribution in [0.4, 0.5) is 0 Å². The molecule has 2 aromatic heterocycles. The highest BCUT2D eigenvalue weighted by atomic mass is 16.4. The number of carbonyl (C=O) groups excluding carboxylic acids is 1. The van der Waals surface area contributed by atoms with E-state index < -0.39 is 17.9 Å². The number of nitrogens with one attached hydrogen (secondary N) is 1. The van der Waals surface area contributed by atoms with Crippen LogP contribution in [0.2, 0.25) is 0 Å². The van der Waals surface area contributed by atoms with Crippen LogP contribution in [-0.2, 0) is 4.79 Å². The highest BCUT2D eigenvalue weighted by Crippen LogP contribution is 2.07. The van der Waals surface area contributed by atoms with Crippen LogP contribution >= 0.6 is 0 Å². The second-order valence-corrected chi connectivity index (χ2v) is 4.88. The molecule has 1 amide bonds. The lowest BCUT2D eigenvalue weighted by atomic mass is 10.1. The molecule has 0 fully saturated rings. The Hall–Kier alpha value is -2.70. The molecular formula is C15H18N4O3. The van der Waals surface area contributed by atoms with Crippen molar-refractivity contribution in [2.75, 3.05) is 0 Å². The Bertz CT molecular complexity index is 623. The summed E-state index contributed by atoms with van der Waals surface area (Å²) in [6, 6.07) is 2.41. The molecule has 2 N–H and O–H groups in total. The monoisotopic (exact) mass is 302 g/mol. The Balaban J connectivity index is 2.04. The molecule has 2 aromatic rings. The lowest BCUT2D eigenvalue weighted by Crippen LogP contribution is -2.40. The van der Waals surface area contributed by atoms with Crippen molar-refractivity contribution >= 4 is 11.9 Å². The first-order chi connectivity index (χ1) is 10.6. The third-order valence-corrected chi connectivity index (χ3v) is 3.23. The number of aromatic nitrogens is 3. The number of aliphatic carboxylic acids is 1. The van der Waals surface area contributed by atoms with E-state index in [4.69, 9.17) is 5.11 Å². The molecule has 0 radical (unpaired) electrons. The van der Waals surface area contributed by atoms with Crippen LogP contribution < -0.4 is 5.32 Å². The Morgan fingerprint density at radius 2 is 2.23 bits per heavy atom. The Kier molecular flexibility index (Phi) is 5.24. The van der Waals surface area contributed by atoms with Gasteiger partial charge in [0.2, 0.25) is 0 Å². The summed E-state index contributed by atoms with van der Waals surface area (Å²) in [7, 11) is 0. The highest BCUT2D eigenvalue weighted by Gasteiger charge is 2.20. The fraction of sp³-hybridized carbons (Fsp3) is 0.333. The topological polar surface area (TPSA) is 97.1 Å². The van der Waals surface area contributed by atoms with Crippen molar-refractivity contribution in [1.82, 2.24) is 19.9 Å². The van der Waals surface area contributed by atoms with Crippen LogP contribution in [0, 0.1) is 0 Å². The summed E-state index contributed by atoms with van der Waals surface area (Å²) in [5.74, 6) is -0.826. The molecule has 0 unspecified atom stereocenters. The van der Waals surface area contributed by atoms with Crippen molar-refractivity contribution in [3.8, 4) is 5.82 Å². The van der Waals surface area contributed by atoms with E-state index in [9.17, 15) is 9.59 Å². The summed E-state index contributed by atoms with van der Waals surface area (Å²) in [5.41, 5.74) is 0.326. The normalized spacial score (nSPS) is 11.9. The van der Waals surface area contributed by atoms with Gasteiger partial charge >= 0.3 is 5.97 Å². The lowest BCUT2D eigenvalue weighted by Gasteiger charge is -2.14. The summed E-state index contributed by atoms with van der Waals surface area (Å²) < 4.78 is 1.71. The highest BCUT2D eigenvalue weighted by molar-refractivity contribution is 5.96. The van der Waals surface area contributed by atoms with E-state index in [1.807, 2.05) is 6.92 Å². The Morgan fingerprint density at radius 3 is 2.77 bits per heavy atom. The van der Waals surface area contributed by atoms with Gasteiger partial charge in [-0.3, -0.25) is 9.36 Å². The van der Waals surface area contributed by atoms with Gasteiger partial charge in [-0.2, -0.15) is 0 Å². The zero-order chi connectivity index (χ0) is 15.9. The van der Waals surface area contributed by atoms with Crippen LogP contribution in [0.15, 0.2) is 37.1 Å². The van der Waals surface area contributed by atoms with Gasteiger partial charge in [-0.1, -0.05) is 19.8 Å². The molecule has 0 aromatic carbocycles. The second-order valence-electron chi connectivity index (χ2n) is 4.88. The Labute approximate surface area is 128 Å². The van der Waals surface area contributed by atoms with Crippen LogP contribution in [-0.4, -0.2) is 37.6 Å². The van der Waals surface area contributed by atoms with E-state index >= 15 is 0 Å². The number of hydrogen-bond donors (Lipinski definition) is 2. The first kappa shape index (κ1) is 15.7. The maximum Gasteiger partial charge on any atom is 0.326 e. The molecule has 0 spiro atoms. The van der Waals surface area contributed by atoms with Crippen LogP contribution in [0.25, 0.3) is 5.82 Å². The van der Waals surface area contributed by atoms with Gasteiger partial charge < -0.3 is 10.4 Å². The number of carboxylic acids is 1. The molecular weight excluding hydrogens is 284 g/mol. The predicted octanol–water partition coefficient (Wildman–Crippen LogP) is 1.64. The molecule has 116 valence electrons. The van der Waals surface area contributed by atoms with E-state index in [-0.39, 0.29) is 0 Å². The molecule has 22 heavy (non-hydrogen) atoms. The largest absolute Gasteiger partial charge is 0.480 e. The van der Waals surface area contributed by atoms with Crippen molar-refractivity contribution in [1.29, 1.82) is 0 Å². The molecule has 0 saturated heterocycles. The van der Waals surface area contributed by atoms with E-state index in [2.05, 4.69) is 15.3 Å². The minimum absolute atomic E-state index is 0.326. The van der Waals surface area contributed by atoms with Gasteiger partial charge in [-0.15, -0.1) is 0 Å². The standard InChI is InChI=1S/C15H18N4O3/c1-2-3-4-12(15(21)22)18-14(20)11-5-6-13(17-9-11)19-8-7-16-10-19/h5-10,12H,2-4H2,1H3,(H,18,20)(H,21,22)/t12-/m0/s1. The van der Waals surface area contributed by atoms with E-state index in [0.717, 1.165) is 12.8 Å². The molecule has 1 atom stereocenters. The van der Waals surface area contributed by atoms with E-state index in [0.29, 0.717) is 17.8 Å². The smallest absolute Gasteiger partial charge is 0.326 e. The van der Waals surface area contributed by atoms with Gasteiger partial charge in [0.05, 0.1) is 5.56 Å². The maximum atomic E-state index is 12.1. The SMILES string of the molecule is CCCC[C@H](NC(=O)c1ccc(-n2ccnc2)nc1)C(=O)O. The minimum atomic E-state index is -1.02. The van der Waals surface area contributed by atoms with Gasteiger partial charge in [0.15, 0.2) is 0 Å². The summed E-state index contributed by atoms with van der Waals surface area (Å²) in [5, 5.41) is 11.6. The zero-order valence-corrected chi connectivity index (χ0v) is 12.3. The molecule has 7 heteroatoms. The number of pyridine rings is 1. The molecule has 0 aliphatic heterocycles. The number of unbranched alkanes of at least 4 members (excludes halogenated alkanes) is 1. The zero-order valence-electron chi connectivity index (χ0n) is 12.3. The lowest BCUT2D eigenvalue weighted by molar-refractivity contribution is -0.139. The predicted molar refractivity (Wildman–Crippen MR) is 79.8 cm³/mol. The summed E-state index contributed by atoms with van der Waals surface area (Å²) in [6.07, 6.45) is 8.44. The fourth-order valence-corrected chi connectivity index (χ4v) is 1.97. The van der Waals surface area contributed by atoms with Gasteiger partial charge in [0.25, 0.3) is 5.91 Å². The van der Waals surface area contributed by atoms with Gasteiger partial charge in [0, 0.05) is 18.6 Å². The maximum absolute atomic E-state index is 12.1. The van der Waals surface area contributed by atoms with E-state index in [1.165, 1.54) is 6.20 Å². The van der Waals surface area contributed by atoms with Crippen molar-refractivity contribution in [3.63, 3.8) is 0 Å². The number of nitrogens with zero attached hydrogens (tertiary/aromatic N) is 3. The second kappa shape index (κ2) is 7.35. The third kappa shape index (κ3) is 3.91. The minimum Gasteiger partial charge on any atom is -0.480 e. The average Bonchev–Trinajstić information content (AvgIpc) is 3.05. The van der Waals surface area contributed by atoms with Crippen LogP contribution in [0.3, 0.4) is 0 Å². The molecule has 2 rings (SSSR count). The molecule has 0 bridgehead atoms. The first-order valence-corrected chi connectivity index (χ1v) is 7.10. The quantitative estimate of drug-likeness (QED) is 0.810. The average molecular weight is 302 g/mol. The number of hydrogen-bond acceptors (Lipinski definition) is 4. The van der Waals surface area contributed by atoms with Crippen molar-refractivity contribution in [3.05, 3.63) is 42.6 Å². The fourth-order valence-electron chi connectivity index (χ4n) is 1.97. The number of amides is 1. The van der Waals surface area contributed by atoms with Crippen LogP contribution in [0.5, 0.6) is 0 Å². The summed E-state index contributed by atoms with van der Waals surface area (Å²) >= 11 is 0. The van der Waals surface area contributed by atoms with Gasteiger partial charge in [0.1, 0.15) is 18.2 Å².